The molecule has 2 heterocycles. The number of anilines is 1. The van der Waals surface area contributed by atoms with Crippen molar-refractivity contribution in [1.29, 1.82) is 0 Å². The molecule has 0 atom stereocenters. The van der Waals surface area contributed by atoms with Gasteiger partial charge in [-0.2, -0.15) is 17.7 Å². The molecule has 2 rings (SSSR count). The highest BCUT2D eigenvalue weighted by Gasteiger charge is 2.16. The highest BCUT2D eigenvalue weighted by atomic mass is 32.1. The van der Waals surface area contributed by atoms with Crippen LogP contribution in [0.1, 0.15) is 19.8 Å². The number of rotatable bonds is 3. The fourth-order valence-corrected chi connectivity index (χ4v) is 2.32. The SMILES string of the molecule is CC1CCN(c2cnn(CCS)c(=O)c2)CC1. The molecule has 1 aliphatic rings. The number of aryl methyl sites for hydroxylation is 1. The van der Waals surface area contributed by atoms with Crippen LogP contribution in [-0.4, -0.2) is 28.6 Å². The molecule has 4 nitrogen and oxygen atoms in total. The van der Waals surface area contributed by atoms with E-state index in [-0.39, 0.29) is 5.56 Å². The molecule has 0 N–H and O–H groups in total. The van der Waals surface area contributed by atoms with Gasteiger partial charge in [0.15, 0.2) is 0 Å². The highest BCUT2D eigenvalue weighted by Crippen LogP contribution is 2.20. The van der Waals surface area contributed by atoms with E-state index in [4.69, 9.17) is 0 Å². The van der Waals surface area contributed by atoms with E-state index in [9.17, 15) is 4.79 Å². The molecule has 0 bridgehead atoms. The summed E-state index contributed by atoms with van der Waals surface area (Å²) in [6.07, 6.45) is 4.18. The lowest BCUT2D eigenvalue weighted by Gasteiger charge is -2.31. The Morgan fingerprint density at radius 1 is 1.47 bits per heavy atom. The number of hydrogen-bond donors (Lipinski definition) is 1. The molecule has 1 fully saturated rings. The van der Waals surface area contributed by atoms with E-state index >= 15 is 0 Å². The monoisotopic (exact) mass is 253 g/mol. The molecule has 0 spiro atoms. The molecular formula is C12H19N3OS. The van der Waals surface area contributed by atoms with E-state index < -0.39 is 0 Å². The van der Waals surface area contributed by atoms with Crippen LogP contribution in [-0.2, 0) is 6.54 Å². The molecule has 17 heavy (non-hydrogen) atoms. The normalized spacial score (nSPS) is 17.4. The van der Waals surface area contributed by atoms with Crippen molar-refractivity contribution in [3.8, 4) is 0 Å². The van der Waals surface area contributed by atoms with Crippen LogP contribution in [0.2, 0.25) is 0 Å². The zero-order valence-corrected chi connectivity index (χ0v) is 11.1. The lowest BCUT2D eigenvalue weighted by Crippen LogP contribution is -2.34. The summed E-state index contributed by atoms with van der Waals surface area (Å²) in [4.78, 5) is 14.0. The summed E-state index contributed by atoms with van der Waals surface area (Å²) in [6.45, 7) is 4.90. The maximum Gasteiger partial charge on any atom is 0.268 e. The Bertz CT molecular complexity index is 424. The van der Waals surface area contributed by atoms with Crippen molar-refractivity contribution in [3.63, 3.8) is 0 Å². The highest BCUT2D eigenvalue weighted by molar-refractivity contribution is 7.80. The predicted octanol–water partition coefficient (Wildman–Crippen LogP) is 1.41. The summed E-state index contributed by atoms with van der Waals surface area (Å²) >= 11 is 4.11. The molecule has 1 aromatic heterocycles. The molecule has 0 aliphatic carbocycles. The number of nitrogens with zero attached hydrogens (tertiary/aromatic N) is 3. The van der Waals surface area contributed by atoms with Gasteiger partial charge in [-0.1, -0.05) is 6.92 Å². The predicted molar refractivity (Wildman–Crippen MR) is 73.0 cm³/mol. The Kier molecular flexibility index (Phi) is 4.10. The first-order chi connectivity index (χ1) is 8.20. The third kappa shape index (κ3) is 3.03. The van der Waals surface area contributed by atoms with Gasteiger partial charge in [0.05, 0.1) is 18.4 Å². The first-order valence-electron chi connectivity index (χ1n) is 6.13. The van der Waals surface area contributed by atoms with Crippen LogP contribution < -0.4 is 10.5 Å². The average molecular weight is 253 g/mol. The summed E-state index contributed by atoms with van der Waals surface area (Å²) < 4.78 is 1.46. The van der Waals surface area contributed by atoms with Crippen LogP contribution in [0.15, 0.2) is 17.1 Å². The smallest absolute Gasteiger partial charge is 0.268 e. The van der Waals surface area contributed by atoms with Crippen LogP contribution in [0.5, 0.6) is 0 Å². The van der Waals surface area contributed by atoms with E-state index in [2.05, 4.69) is 29.6 Å². The van der Waals surface area contributed by atoms with Crippen molar-refractivity contribution in [2.24, 2.45) is 5.92 Å². The zero-order chi connectivity index (χ0) is 12.3. The van der Waals surface area contributed by atoms with Gasteiger partial charge in [0.1, 0.15) is 0 Å². The standard InChI is InChI=1S/C12H19N3OS/c1-10-2-4-14(5-3-10)11-8-12(16)15(6-7-17)13-9-11/h8-10,17H,2-7H2,1H3. The van der Waals surface area contributed by atoms with Crippen LogP contribution in [0.25, 0.3) is 0 Å². The Hall–Kier alpha value is -0.970. The minimum atomic E-state index is -0.0322. The quantitative estimate of drug-likeness (QED) is 0.828. The largest absolute Gasteiger partial charge is 0.370 e. The molecule has 0 radical (unpaired) electrons. The molecular weight excluding hydrogens is 234 g/mol. The molecule has 1 aromatic rings. The maximum absolute atomic E-state index is 11.8. The van der Waals surface area contributed by atoms with Crippen molar-refractivity contribution in [1.82, 2.24) is 9.78 Å². The average Bonchev–Trinajstić information content (AvgIpc) is 2.33. The number of piperidine rings is 1. The number of thiol groups is 1. The Morgan fingerprint density at radius 3 is 2.76 bits per heavy atom. The lowest BCUT2D eigenvalue weighted by atomic mass is 9.99. The lowest BCUT2D eigenvalue weighted by molar-refractivity contribution is 0.437. The van der Waals surface area contributed by atoms with Crippen LogP contribution in [0.4, 0.5) is 5.69 Å². The summed E-state index contributed by atoms with van der Waals surface area (Å²) in [5, 5.41) is 4.18. The van der Waals surface area contributed by atoms with Gasteiger partial charge in [0.25, 0.3) is 5.56 Å². The second kappa shape index (κ2) is 5.58. The van der Waals surface area contributed by atoms with E-state index in [0.29, 0.717) is 12.3 Å². The second-order valence-electron chi connectivity index (χ2n) is 4.67. The minimum Gasteiger partial charge on any atom is -0.370 e. The molecule has 0 amide bonds. The second-order valence-corrected chi connectivity index (χ2v) is 5.12. The molecule has 1 saturated heterocycles. The Balaban J connectivity index is 2.12. The molecule has 0 saturated carbocycles. The molecule has 94 valence electrons. The van der Waals surface area contributed by atoms with Crippen molar-refractivity contribution in [3.05, 3.63) is 22.6 Å². The van der Waals surface area contributed by atoms with Gasteiger partial charge in [0.2, 0.25) is 0 Å². The zero-order valence-electron chi connectivity index (χ0n) is 10.2. The minimum absolute atomic E-state index is 0.0322. The van der Waals surface area contributed by atoms with Gasteiger partial charge in [-0.25, -0.2) is 4.68 Å². The maximum atomic E-state index is 11.8. The van der Waals surface area contributed by atoms with Gasteiger partial charge < -0.3 is 4.90 Å². The summed E-state index contributed by atoms with van der Waals surface area (Å²) in [6, 6.07) is 1.69. The van der Waals surface area contributed by atoms with Crippen LogP contribution >= 0.6 is 12.6 Å². The van der Waals surface area contributed by atoms with E-state index in [1.807, 2.05) is 0 Å². The molecule has 1 aliphatic heterocycles. The van der Waals surface area contributed by atoms with E-state index in [0.717, 1.165) is 24.7 Å². The topological polar surface area (TPSA) is 38.1 Å². The van der Waals surface area contributed by atoms with E-state index in [1.54, 1.807) is 12.3 Å². The van der Waals surface area contributed by atoms with E-state index in [1.165, 1.54) is 17.5 Å². The van der Waals surface area contributed by atoms with Crippen molar-refractivity contribution < 1.29 is 0 Å². The van der Waals surface area contributed by atoms with Gasteiger partial charge in [-0.3, -0.25) is 4.79 Å². The molecule has 5 heteroatoms. The first-order valence-corrected chi connectivity index (χ1v) is 6.77. The van der Waals surface area contributed by atoms with Gasteiger partial charge in [0, 0.05) is 24.9 Å². The summed E-state index contributed by atoms with van der Waals surface area (Å²) in [5.41, 5.74) is 0.924. The number of aromatic nitrogens is 2. The molecule has 0 aromatic carbocycles. The van der Waals surface area contributed by atoms with Crippen molar-refractivity contribution >= 4 is 18.3 Å². The summed E-state index contributed by atoms with van der Waals surface area (Å²) in [5.74, 6) is 1.43. The van der Waals surface area contributed by atoms with Gasteiger partial charge in [-0.15, -0.1) is 0 Å². The van der Waals surface area contributed by atoms with Crippen molar-refractivity contribution in [2.45, 2.75) is 26.3 Å². The van der Waals surface area contributed by atoms with Crippen LogP contribution in [0.3, 0.4) is 0 Å². The molecule has 0 unspecified atom stereocenters. The Labute approximate surface area is 107 Å². The van der Waals surface area contributed by atoms with Crippen LogP contribution in [0, 0.1) is 5.92 Å². The Morgan fingerprint density at radius 2 is 2.18 bits per heavy atom. The third-order valence-electron chi connectivity index (χ3n) is 3.32. The number of hydrogen-bond acceptors (Lipinski definition) is 4. The fraction of sp³-hybridized carbons (Fsp3) is 0.667. The first kappa shape index (κ1) is 12.5. The fourth-order valence-electron chi connectivity index (χ4n) is 2.13. The van der Waals surface area contributed by atoms with Gasteiger partial charge >= 0.3 is 0 Å². The summed E-state index contributed by atoms with van der Waals surface area (Å²) in [7, 11) is 0. The van der Waals surface area contributed by atoms with Gasteiger partial charge in [-0.05, 0) is 18.8 Å². The van der Waals surface area contributed by atoms with Crippen molar-refractivity contribution in [2.75, 3.05) is 23.7 Å². The third-order valence-corrected chi connectivity index (χ3v) is 3.52.